The molecule has 142 valence electrons. The van der Waals surface area contributed by atoms with Crippen LogP contribution in [-0.2, 0) is 0 Å². The molecule has 0 saturated carbocycles. The quantitative estimate of drug-likeness (QED) is 0.472. The van der Waals surface area contributed by atoms with Crippen LogP contribution in [0.4, 0.5) is 11.4 Å². The second-order valence-electron chi connectivity index (χ2n) is 5.80. The van der Waals surface area contributed by atoms with Crippen molar-refractivity contribution < 1.29 is 29.3 Å². The van der Waals surface area contributed by atoms with Crippen LogP contribution in [0.1, 0.15) is 20.7 Å². The normalized spacial score (nSPS) is 10.3. The van der Waals surface area contributed by atoms with E-state index in [-0.39, 0.29) is 22.6 Å². The number of rotatable bonds is 6. The van der Waals surface area contributed by atoms with Gasteiger partial charge in [-0.3, -0.25) is 0 Å². The van der Waals surface area contributed by atoms with Gasteiger partial charge in [0.1, 0.15) is 34.1 Å². The highest BCUT2D eigenvalue weighted by Crippen LogP contribution is 2.35. The van der Waals surface area contributed by atoms with E-state index >= 15 is 0 Å². The molecule has 0 atom stereocenters. The number of aromatic carboxylic acids is 2. The van der Waals surface area contributed by atoms with Crippen LogP contribution in [-0.4, -0.2) is 22.2 Å². The minimum atomic E-state index is -1.30. The monoisotopic (exact) mass is 380 g/mol. The molecule has 0 spiro atoms. The Bertz CT molecular complexity index is 945. The molecule has 6 N–H and O–H groups in total. The molecule has 0 heterocycles. The Hall–Kier alpha value is -4.20. The zero-order valence-corrected chi connectivity index (χ0v) is 14.5. The minimum absolute atomic E-state index is 0.140. The fraction of sp³-hybridized carbons (Fsp3) is 0. The Morgan fingerprint density at radius 2 is 0.964 bits per heavy atom. The molecular weight excluding hydrogens is 364 g/mol. The number of carboxylic acids is 2. The Morgan fingerprint density at radius 1 is 0.643 bits per heavy atom. The molecule has 0 bridgehead atoms. The Balaban J connectivity index is 2.04. The molecule has 0 amide bonds. The van der Waals surface area contributed by atoms with Gasteiger partial charge < -0.3 is 31.2 Å². The van der Waals surface area contributed by atoms with Gasteiger partial charge in [0.2, 0.25) is 0 Å². The molecule has 0 aromatic heterocycles. The summed E-state index contributed by atoms with van der Waals surface area (Å²) in [6, 6.07) is 14.7. The maximum atomic E-state index is 11.7. The summed E-state index contributed by atoms with van der Waals surface area (Å²) >= 11 is 0. The average molecular weight is 380 g/mol. The van der Waals surface area contributed by atoms with Crippen molar-refractivity contribution in [1.29, 1.82) is 0 Å². The molecule has 0 fully saturated rings. The second-order valence-corrected chi connectivity index (χ2v) is 5.80. The molecule has 28 heavy (non-hydrogen) atoms. The number of hydrogen-bond donors (Lipinski definition) is 4. The Morgan fingerprint density at radius 3 is 1.25 bits per heavy atom. The highest BCUT2D eigenvalue weighted by Gasteiger charge is 2.22. The maximum Gasteiger partial charge on any atom is 0.339 e. The highest BCUT2D eigenvalue weighted by atomic mass is 16.5. The molecule has 3 aromatic carbocycles. The van der Waals surface area contributed by atoms with Gasteiger partial charge in [0, 0.05) is 11.4 Å². The summed E-state index contributed by atoms with van der Waals surface area (Å²) in [5.41, 5.74) is 11.7. The van der Waals surface area contributed by atoms with Crippen LogP contribution in [0.5, 0.6) is 23.0 Å². The van der Waals surface area contributed by atoms with E-state index in [9.17, 15) is 19.8 Å². The smallest absolute Gasteiger partial charge is 0.339 e. The lowest BCUT2D eigenvalue weighted by Gasteiger charge is -2.14. The van der Waals surface area contributed by atoms with Crippen molar-refractivity contribution in [2.75, 3.05) is 11.5 Å². The van der Waals surface area contributed by atoms with Gasteiger partial charge >= 0.3 is 11.9 Å². The van der Waals surface area contributed by atoms with E-state index in [1.165, 1.54) is 0 Å². The fourth-order valence-corrected chi connectivity index (χ4v) is 2.39. The Labute approximate surface area is 159 Å². The van der Waals surface area contributed by atoms with E-state index in [4.69, 9.17) is 20.9 Å². The van der Waals surface area contributed by atoms with Crippen LogP contribution in [0.25, 0.3) is 0 Å². The topological polar surface area (TPSA) is 145 Å². The molecule has 0 unspecified atom stereocenters. The third kappa shape index (κ3) is 4.13. The van der Waals surface area contributed by atoms with Crippen LogP contribution in [0.2, 0.25) is 0 Å². The Kier molecular flexibility index (Phi) is 5.03. The third-order valence-electron chi connectivity index (χ3n) is 3.76. The zero-order chi connectivity index (χ0) is 20.3. The van der Waals surface area contributed by atoms with Gasteiger partial charge in [0.25, 0.3) is 0 Å². The average Bonchev–Trinajstić information content (AvgIpc) is 2.66. The van der Waals surface area contributed by atoms with Crippen molar-refractivity contribution in [2.24, 2.45) is 0 Å². The largest absolute Gasteiger partial charge is 0.478 e. The summed E-state index contributed by atoms with van der Waals surface area (Å²) in [4.78, 5) is 23.4. The minimum Gasteiger partial charge on any atom is -0.478 e. The lowest BCUT2D eigenvalue weighted by atomic mass is 10.1. The molecule has 8 heteroatoms. The van der Waals surface area contributed by atoms with Crippen LogP contribution in [0, 0.1) is 0 Å². The number of carboxylic acid groups (broad SMARTS) is 2. The number of anilines is 2. The second kappa shape index (κ2) is 7.58. The van der Waals surface area contributed by atoms with E-state index in [1.807, 2.05) is 0 Å². The van der Waals surface area contributed by atoms with Crippen LogP contribution in [0.15, 0.2) is 60.7 Å². The predicted molar refractivity (Wildman–Crippen MR) is 102 cm³/mol. The molecule has 0 aliphatic heterocycles. The van der Waals surface area contributed by atoms with Gasteiger partial charge in [-0.2, -0.15) is 0 Å². The van der Waals surface area contributed by atoms with E-state index in [2.05, 4.69) is 0 Å². The lowest BCUT2D eigenvalue weighted by Crippen LogP contribution is -2.06. The van der Waals surface area contributed by atoms with Crippen LogP contribution >= 0.6 is 0 Å². The fourth-order valence-electron chi connectivity index (χ4n) is 2.39. The number of ether oxygens (including phenoxy) is 2. The molecule has 0 saturated heterocycles. The summed E-state index contributed by atoms with van der Waals surface area (Å²) in [6.45, 7) is 0. The van der Waals surface area contributed by atoms with Gasteiger partial charge in [-0.1, -0.05) is 0 Å². The van der Waals surface area contributed by atoms with Gasteiger partial charge in [0.15, 0.2) is 0 Å². The number of nitrogen functional groups attached to an aromatic ring is 2. The van der Waals surface area contributed by atoms with Gasteiger partial charge in [0.05, 0.1) is 0 Å². The molecular formula is C20H16N2O6. The number of benzene rings is 3. The van der Waals surface area contributed by atoms with E-state index in [0.29, 0.717) is 22.9 Å². The van der Waals surface area contributed by atoms with Crippen molar-refractivity contribution in [3.63, 3.8) is 0 Å². The summed E-state index contributed by atoms with van der Waals surface area (Å²) in [7, 11) is 0. The number of nitrogens with two attached hydrogens (primary N) is 2. The standard InChI is InChI=1S/C20H16N2O6/c21-11-1-5-13(6-2-11)27-17-9-16(20(25)26)18(10-15(17)19(23)24)28-14-7-3-12(22)4-8-14/h1-10H,21-22H2,(H,23,24)(H,25,26). The highest BCUT2D eigenvalue weighted by molar-refractivity contribution is 5.97. The summed E-state index contributed by atoms with van der Waals surface area (Å²) in [5, 5.41) is 19.0. The molecule has 0 aliphatic carbocycles. The van der Waals surface area contributed by atoms with E-state index in [0.717, 1.165) is 12.1 Å². The van der Waals surface area contributed by atoms with Crippen molar-refractivity contribution in [3.05, 3.63) is 71.8 Å². The van der Waals surface area contributed by atoms with Gasteiger partial charge in [-0.05, 0) is 60.7 Å². The first-order valence-electron chi connectivity index (χ1n) is 8.05. The summed E-state index contributed by atoms with van der Waals surface area (Å²) in [6.07, 6.45) is 0. The first-order valence-corrected chi connectivity index (χ1v) is 8.05. The predicted octanol–water partition coefficient (Wildman–Crippen LogP) is 3.83. The third-order valence-corrected chi connectivity index (χ3v) is 3.76. The van der Waals surface area contributed by atoms with Crippen molar-refractivity contribution >= 4 is 23.3 Å². The first-order chi connectivity index (χ1) is 13.3. The SMILES string of the molecule is Nc1ccc(Oc2cc(C(=O)O)c(Oc3ccc(N)cc3)cc2C(=O)O)cc1. The number of hydrogen-bond acceptors (Lipinski definition) is 6. The van der Waals surface area contributed by atoms with E-state index in [1.54, 1.807) is 48.5 Å². The lowest BCUT2D eigenvalue weighted by molar-refractivity contribution is 0.0676. The van der Waals surface area contributed by atoms with Gasteiger partial charge in [-0.25, -0.2) is 9.59 Å². The summed E-state index contributed by atoms with van der Waals surface area (Å²) in [5.74, 6) is -2.27. The first kappa shape index (κ1) is 18.6. The van der Waals surface area contributed by atoms with E-state index < -0.39 is 11.9 Å². The molecule has 3 aromatic rings. The summed E-state index contributed by atoms with van der Waals surface area (Å²) < 4.78 is 11.1. The zero-order valence-electron chi connectivity index (χ0n) is 14.5. The maximum absolute atomic E-state index is 11.7. The van der Waals surface area contributed by atoms with Gasteiger partial charge in [-0.15, -0.1) is 0 Å². The number of carbonyl (C=O) groups is 2. The van der Waals surface area contributed by atoms with Crippen molar-refractivity contribution in [1.82, 2.24) is 0 Å². The molecule has 0 radical (unpaired) electrons. The van der Waals surface area contributed by atoms with Crippen LogP contribution < -0.4 is 20.9 Å². The molecule has 8 nitrogen and oxygen atoms in total. The molecule has 0 aliphatic rings. The van der Waals surface area contributed by atoms with Crippen molar-refractivity contribution in [3.8, 4) is 23.0 Å². The van der Waals surface area contributed by atoms with Crippen LogP contribution in [0.3, 0.4) is 0 Å². The molecule has 3 rings (SSSR count). The van der Waals surface area contributed by atoms with Crippen molar-refractivity contribution in [2.45, 2.75) is 0 Å².